The van der Waals surface area contributed by atoms with Crippen LogP contribution in [0.1, 0.15) is 43.6 Å². The summed E-state index contributed by atoms with van der Waals surface area (Å²) in [4.78, 5) is 12.6. The third-order valence-corrected chi connectivity index (χ3v) is 4.97. The van der Waals surface area contributed by atoms with E-state index in [1.165, 1.54) is 0 Å². The van der Waals surface area contributed by atoms with Gasteiger partial charge in [-0.05, 0) is 19.1 Å². The van der Waals surface area contributed by atoms with Gasteiger partial charge in [0.15, 0.2) is 0 Å². The van der Waals surface area contributed by atoms with Crippen LogP contribution in [0.2, 0.25) is 0 Å². The smallest absolute Gasteiger partial charge is 0.255 e. The Bertz CT molecular complexity index is 548. The fourth-order valence-electron chi connectivity index (χ4n) is 3.76. The first-order chi connectivity index (χ1) is 9.62. The molecule has 0 unspecified atom stereocenters. The van der Waals surface area contributed by atoms with Crippen LogP contribution in [0.3, 0.4) is 0 Å². The molecule has 0 radical (unpaired) electrons. The molecule has 0 saturated heterocycles. The molecule has 21 heavy (non-hydrogen) atoms. The number of rotatable bonds is 3. The molecule has 0 bridgehead atoms. The van der Waals surface area contributed by atoms with Crippen LogP contribution < -0.4 is 15.8 Å². The Hall–Kier alpha value is -1.55. The predicted molar refractivity (Wildman–Crippen MR) is 84.5 cm³/mol. The van der Waals surface area contributed by atoms with Crippen LogP contribution in [0.4, 0.5) is 0 Å². The van der Waals surface area contributed by atoms with Gasteiger partial charge in [-0.25, -0.2) is 0 Å². The Morgan fingerprint density at radius 3 is 2.33 bits per heavy atom. The lowest BCUT2D eigenvalue weighted by Gasteiger charge is -2.62. The Balaban J connectivity index is 2.25. The molecule has 0 atom stereocenters. The first-order valence-electron chi connectivity index (χ1n) is 7.33. The topological polar surface area (TPSA) is 64.3 Å². The summed E-state index contributed by atoms with van der Waals surface area (Å²) < 4.78 is 5.29. The fourth-order valence-corrected chi connectivity index (χ4v) is 3.76. The highest BCUT2D eigenvalue weighted by Crippen LogP contribution is 2.52. The molecule has 4 heteroatoms. The van der Waals surface area contributed by atoms with E-state index in [1.54, 1.807) is 7.11 Å². The maximum atomic E-state index is 12.6. The Labute approximate surface area is 127 Å². The number of ether oxygens (including phenoxy) is 1. The molecule has 0 aliphatic heterocycles. The molecule has 0 heterocycles. The van der Waals surface area contributed by atoms with E-state index in [4.69, 9.17) is 10.5 Å². The van der Waals surface area contributed by atoms with E-state index in [-0.39, 0.29) is 28.8 Å². The molecule has 1 aliphatic rings. The molecule has 0 spiro atoms. The molecule has 0 aromatic heterocycles. The lowest BCUT2D eigenvalue weighted by molar-refractivity contribution is -0.0663. The molecular formula is C17H26N2O2. The molecule has 1 fully saturated rings. The normalized spacial score (nSPS) is 25.9. The van der Waals surface area contributed by atoms with Gasteiger partial charge in [0.25, 0.3) is 5.91 Å². The van der Waals surface area contributed by atoms with Gasteiger partial charge in [-0.3, -0.25) is 4.79 Å². The van der Waals surface area contributed by atoms with Crippen LogP contribution in [0, 0.1) is 17.8 Å². The molecule has 1 aliphatic carbocycles. The molecule has 1 saturated carbocycles. The average molecular weight is 290 g/mol. The Morgan fingerprint density at radius 1 is 1.24 bits per heavy atom. The summed E-state index contributed by atoms with van der Waals surface area (Å²) in [5.41, 5.74) is 7.62. The van der Waals surface area contributed by atoms with Crippen molar-refractivity contribution in [2.45, 2.75) is 46.7 Å². The lowest BCUT2D eigenvalue weighted by atomic mass is 9.48. The highest BCUT2D eigenvalue weighted by Gasteiger charge is 2.60. The van der Waals surface area contributed by atoms with Crippen molar-refractivity contribution in [3.05, 3.63) is 29.3 Å². The molecular weight excluding hydrogens is 264 g/mol. The summed E-state index contributed by atoms with van der Waals surface area (Å²) in [6.45, 7) is 10.4. The van der Waals surface area contributed by atoms with Crippen LogP contribution >= 0.6 is 0 Å². The highest BCUT2D eigenvalue weighted by atomic mass is 16.5. The van der Waals surface area contributed by atoms with Crippen molar-refractivity contribution < 1.29 is 9.53 Å². The third-order valence-electron chi connectivity index (χ3n) is 4.97. The minimum atomic E-state index is -0.115. The van der Waals surface area contributed by atoms with E-state index in [0.717, 1.165) is 5.56 Å². The maximum absolute atomic E-state index is 12.6. The van der Waals surface area contributed by atoms with Gasteiger partial charge in [-0.2, -0.15) is 0 Å². The number of hydrogen-bond donors (Lipinski definition) is 2. The molecule has 1 amide bonds. The van der Waals surface area contributed by atoms with Crippen LogP contribution in [0.15, 0.2) is 18.2 Å². The van der Waals surface area contributed by atoms with Crippen LogP contribution in [-0.4, -0.2) is 25.1 Å². The summed E-state index contributed by atoms with van der Waals surface area (Å²) in [6.07, 6.45) is 0. The second kappa shape index (κ2) is 5.02. The van der Waals surface area contributed by atoms with Gasteiger partial charge in [0, 0.05) is 22.9 Å². The second-order valence-electron chi connectivity index (χ2n) is 7.23. The average Bonchev–Trinajstić information content (AvgIpc) is 2.43. The Morgan fingerprint density at radius 2 is 1.81 bits per heavy atom. The van der Waals surface area contributed by atoms with Gasteiger partial charge in [0.2, 0.25) is 0 Å². The van der Waals surface area contributed by atoms with Crippen molar-refractivity contribution >= 4 is 5.91 Å². The van der Waals surface area contributed by atoms with Crippen LogP contribution in [0.5, 0.6) is 5.75 Å². The number of aryl methyl sites for hydroxylation is 1. The van der Waals surface area contributed by atoms with Crippen molar-refractivity contribution in [1.29, 1.82) is 0 Å². The van der Waals surface area contributed by atoms with Crippen LogP contribution in [0.25, 0.3) is 0 Å². The summed E-state index contributed by atoms with van der Waals surface area (Å²) in [5.74, 6) is 0.492. The summed E-state index contributed by atoms with van der Waals surface area (Å²) in [6, 6.07) is 5.72. The van der Waals surface area contributed by atoms with Crippen molar-refractivity contribution in [1.82, 2.24) is 5.32 Å². The third kappa shape index (κ3) is 2.42. The zero-order valence-corrected chi connectivity index (χ0v) is 13.8. The minimum Gasteiger partial charge on any atom is -0.496 e. The number of nitrogens with two attached hydrogens (primary N) is 1. The van der Waals surface area contributed by atoms with E-state index in [0.29, 0.717) is 11.3 Å². The number of nitrogens with one attached hydrogen (secondary N) is 1. The van der Waals surface area contributed by atoms with Crippen molar-refractivity contribution in [2.75, 3.05) is 7.11 Å². The largest absolute Gasteiger partial charge is 0.496 e. The van der Waals surface area contributed by atoms with E-state index >= 15 is 0 Å². The van der Waals surface area contributed by atoms with Gasteiger partial charge in [0.1, 0.15) is 5.75 Å². The molecule has 4 nitrogen and oxygen atoms in total. The number of carbonyl (C=O) groups is 1. The van der Waals surface area contributed by atoms with Gasteiger partial charge >= 0.3 is 0 Å². The summed E-state index contributed by atoms with van der Waals surface area (Å²) >= 11 is 0. The zero-order valence-electron chi connectivity index (χ0n) is 13.8. The summed E-state index contributed by atoms with van der Waals surface area (Å²) in [7, 11) is 1.58. The highest BCUT2D eigenvalue weighted by molar-refractivity contribution is 5.97. The van der Waals surface area contributed by atoms with E-state index in [1.807, 2.05) is 25.1 Å². The second-order valence-corrected chi connectivity index (χ2v) is 7.23. The van der Waals surface area contributed by atoms with E-state index in [2.05, 4.69) is 33.0 Å². The molecule has 3 N–H and O–H groups in total. The molecule has 2 rings (SSSR count). The fraction of sp³-hybridized carbons (Fsp3) is 0.588. The number of methoxy groups -OCH3 is 1. The number of amides is 1. The SMILES string of the molecule is COc1ccc(C)cc1C(=O)NC1C(C)(C)C(N)C1(C)C. The van der Waals surface area contributed by atoms with Crippen LogP contribution in [-0.2, 0) is 0 Å². The van der Waals surface area contributed by atoms with Gasteiger partial charge in [-0.15, -0.1) is 0 Å². The zero-order chi connectivity index (χ0) is 16.0. The molecule has 1 aromatic rings. The predicted octanol–water partition coefficient (Wildman–Crippen LogP) is 2.50. The van der Waals surface area contributed by atoms with Gasteiger partial charge in [0.05, 0.1) is 12.7 Å². The van der Waals surface area contributed by atoms with Gasteiger partial charge < -0.3 is 15.8 Å². The lowest BCUT2D eigenvalue weighted by Crippen LogP contribution is -2.76. The molecule has 1 aromatic carbocycles. The maximum Gasteiger partial charge on any atom is 0.255 e. The van der Waals surface area contributed by atoms with E-state index in [9.17, 15) is 4.79 Å². The quantitative estimate of drug-likeness (QED) is 0.899. The summed E-state index contributed by atoms with van der Waals surface area (Å²) in [5, 5.41) is 3.15. The van der Waals surface area contributed by atoms with E-state index < -0.39 is 0 Å². The van der Waals surface area contributed by atoms with Crippen molar-refractivity contribution in [3.8, 4) is 5.75 Å². The number of carbonyl (C=O) groups excluding carboxylic acids is 1. The monoisotopic (exact) mass is 290 g/mol. The van der Waals surface area contributed by atoms with Crippen molar-refractivity contribution in [2.24, 2.45) is 16.6 Å². The first-order valence-corrected chi connectivity index (χ1v) is 7.33. The van der Waals surface area contributed by atoms with Gasteiger partial charge in [-0.1, -0.05) is 39.3 Å². The standard InChI is InChI=1S/C17H26N2O2/c1-10-7-8-12(21-6)11(9-10)13(20)19-15-16(2,3)14(18)17(15,4)5/h7-9,14-15H,18H2,1-6H3,(H,19,20). The Kier molecular flexibility index (Phi) is 3.79. The first kappa shape index (κ1) is 15.8. The molecule has 116 valence electrons. The van der Waals surface area contributed by atoms with Crippen molar-refractivity contribution in [3.63, 3.8) is 0 Å². The number of benzene rings is 1. The minimum absolute atomic E-state index is 0.0396. The number of hydrogen-bond acceptors (Lipinski definition) is 3.